The van der Waals surface area contributed by atoms with E-state index in [0.717, 1.165) is 36.4 Å². The van der Waals surface area contributed by atoms with Crippen LogP contribution in [0.15, 0.2) is 26.6 Å². The van der Waals surface area contributed by atoms with E-state index in [4.69, 9.17) is 11.6 Å². The van der Waals surface area contributed by atoms with E-state index in [0.29, 0.717) is 0 Å². The van der Waals surface area contributed by atoms with Crippen LogP contribution < -0.4 is 21.5 Å². The van der Waals surface area contributed by atoms with Crippen molar-refractivity contribution in [2.24, 2.45) is 0 Å². The van der Waals surface area contributed by atoms with Gasteiger partial charge >= 0.3 is 0 Å². The van der Waals surface area contributed by atoms with E-state index >= 15 is 0 Å². The number of hydrogen-bond donors (Lipinski definition) is 3. The second kappa shape index (κ2) is 7.73. The average molecular weight is 428 g/mol. The smallest absolute Gasteiger partial charge is 0.253 e. The Hall–Kier alpha value is -2.10. The summed E-state index contributed by atoms with van der Waals surface area (Å²) in [4.78, 5) is 23.6. The molecule has 2 aromatic carbocycles. The minimum Gasteiger partial charge on any atom is -0.504 e. The van der Waals surface area contributed by atoms with Crippen molar-refractivity contribution in [2.75, 3.05) is 24.7 Å². The third-order valence-corrected chi connectivity index (χ3v) is 7.26. The fraction of sp³-hybridized carbons (Fsp3) is 0.444. The maximum absolute atomic E-state index is 12.4. The number of nitrogens with one attached hydrogen (secondary N) is 2. The predicted molar refractivity (Wildman–Crippen MR) is 109 cm³/mol. The largest absolute Gasteiger partial charge is 0.504 e. The van der Waals surface area contributed by atoms with Crippen molar-refractivity contribution < 1.29 is 13.5 Å². The summed E-state index contributed by atoms with van der Waals surface area (Å²) in [5.74, 6) is -0.613. The molecule has 8 nitrogen and oxygen atoms in total. The van der Waals surface area contributed by atoms with Gasteiger partial charge in [0.15, 0.2) is 5.75 Å². The Balaban J connectivity index is 1.94. The Morgan fingerprint density at radius 2 is 1.68 bits per heavy atom. The van der Waals surface area contributed by atoms with Gasteiger partial charge in [0.05, 0.1) is 10.7 Å². The van der Waals surface area contributed by atoms with Crippen molar-refractivity contribution in [3.05, 3.63) is 37.6 Å². The van der Waals surface area contributed by atoms with Crippen molar-refractivity contribution in [3.8, 4) is 5.75 Å². The quantitative estimate of drug-likeness (QED) is 0.478. The van der Waals surface area contributed by atoms with Crippen LogP contribution in [0.25, 0.3) is 0 Å². The molecule has 0 heterocycles. The van der Waals surface area contributed by atoms with Crippen LogP contribution in [0, 0.1) is 0 Å². The second-order valence-corrected chi connectivity index (χ2v) is 9.57. The van der Waals surface area contributed by atoms with Gasteiger partial charge in [-0.15, -0.1) is 0 Å². The van der Waals surface area contributed by atoms with Crippen LogP contribution in [0.2, 0.25) is 5.02 Å². The number of anilines is 3. The monoisotopic (exact) mass is 427 g/mol. The highest BCUT2D eigenvalue weighted by atomic mass is 35.5. The van der Waals surface area contributed by atoms with E-state index < -0.39 is 31.5 Å². The third kappa shape index (κ3) is 3.61. The van der Waals surface area contributed by atoms with Crippen LogP contribution >= 0.6 is 11.6 Å². The SMILES string of the molecule is CN(C)S(=O)(=O)c1c(Cl)ccc(Nc2c(NC3CCCCC3)c(=O)c2=O)c1O. The van der Waals surface area contributed by atoms with E-state index in [9.17, 15) is 23.1 Å². The molecule has 10 heteroatoms. The number of phenols is 1. The van der Waals surface area contributed by atoms with Gasteiger partial charge in [0.2, 0.25) is 10.0 Å². The standard InChI is InChI=1S/C18H22ClN3O5S/c1-22(2)28(26,27)18-11(19)8-9-12(15(18)23)21-14-13(16(24)17(14)25)20-10-6-4-3-5-7-10/h8-10,20-21,23H,3-7H2,1-2H3. The Morgan fingerprint density at radius 3 is 2.29 bits per heavy atom. The molecule has 152 valence electrons. The molecule has 0 bridgehead atoms. The van der Waals surface area contributed by atoms with Gasteiger partial charge in [0, 0.05) is 20.1 Å². The van der Waals surface area contributed by atoms with E-state index in [1.165, 1.54) is 26.2 Å². The van der Waals surface area contributed by atoms with Crippen molar-refractivity contribution in [1.29, 1.82) is 0 Å². The average Bonchev–Trinajstić information content (AvgIpc) is 2.66. The molecule has 1 saturated carbocycles. The Bertz CT molecular complexity index is 1070. The van der Waals surface area contributed by atoms with E-state index in [1.54, 1.807) is 0 Å². The molecule has 3 rings (SSSR count). The molecule has 0 saturated heterocycles. The minimum absolute atomic E-state index is 0.0152. The molecule has 0 unspecified atom stereocenters. The lowest BCUT2D eigenvalue weighted by Crippen LogP contribution is -2.39. The Kier molecular flexibility index (Phi) is 5.69. The first-order valence-electron chi connectivity index (χ1n) is 8.95. The predicted octanol–water partition coefficient (Wildman–Crippen LogP) is 2.38. The summed E-state index contributed by atoms with van der Waals surface area (Å²) in [5, 5.41) is 16.2. The zero-order valence-electron chi connectivity index (χ0n) is 15.6. The first-order chi connectivity index (χ1) is 13.1. The second-order valence-electron chi connectivity index (χ2n) is 7.07. The normalized spacial score (nSPS) is 15.9. The van der Waals surface area contributed by atoms with Gasteiger partial charge in [-0.3, -0.25) is 9.59 Å². The molecule has 3 N–H and O–H groups in total. The van der Waals surface area contributed by atoms with Gasteiger partial charge in [-0.25, -0.2) is 12.7 Å². The maximum Gasteiger partial charge on any atom is 0.253 e. The number of phenolic OH excluding ortho intramolecular Hbond substituents is 1. The molecule has 2 aromatic rings. The fourth-order valence-corrected chi connectivity index (χ4v) is 4.79. The van der Waals surface area contributed by atoms with E-state index in [1.807, 2.05) is 0 Å². The van der Waals surface area contributed by atoms with E-state index in [-0.39, 0.29) is 28.1 Å². The highest BCUT2D eigenvalue weighted by Gasteiger charge is 2.29. The van der Waals surface area contributed by atoms with Crippen molar-refractivity contribution >= 4 is 38.7 Å². The van der Waals surface area contributed by atoms with Crippen LogP contribution in [0.4, 0.5) is 17.1 Å². The molecule has 0 amide bonds. The highest BCUT2D eigenvalue weighted by molar-refractivity contribution is 7.89. The topological polar surface area (TPSA) is 116 Å². The van der Waals surface area contributed by atoms with Crippen molar-refractivity contribution in [3.63, 3.8) is 0 Å². The molecular weight excluding hydrogens is 406 g/mol. The third-order valence-electron chi connectivity index (χ3n) is 4.95. The number of benzene rings is 1. The maximum atomic E-state index is 12.4. The van der Waals surface area contributed by atoms with Crippen molar-refractivity contribution in [2.45, 2.75) is 43.0 Å². The summed E-state index contributed by atoms with van der Waals surface area (Å²) >= 11 is 5.98. The highest BCUT2D eigenvalue weighted by Crippen LogP contribution is 2.39. The molecule has 1 fully saturated rings. The summed E-state index contributed by atoms with van der Waals surface area (Å²) < 4.78 is 25.8. The lowest BCUT2D eigenvalue weighted by Gasteiger charge is -2.26. The molecule has 28 heavy (non-hydrogen) atoms. The minimum atomic E-state index is -4.02. The number of hydrogen-bond acceptors (Lipinski definition) is 7. The molecule has 1 aliphatic carbocycles. The summed E-state index contributed by atoms with van der Waals surface area (Å²) in [5.41, 5.74) is -1.18. The number of halogens is 1. The number of aromatic hydroxyl groups is 1. The van der Waals surface area contributed by atoms with Crippen LogP contribution in [0.1, 0.15) is 32.1 Å². The summed E-state index contributed by atoms with van der Waals surface area (Å²) in [6.45, 7) is 0. The van der Waals surface area contributed by atoms with Gasteiger partial charge in [-0.2, -0.15) is 0 Å². The lowest BCUT2D eigenvalue weighted by atomic mass is 9.95. The number of rotatable bonds is 6. The lowest BCUT2D eigenvalue weighted by molar-refractivity contribution is 0.454. The Labute approximate surface area is 167 Å². The first kappa shape index (κ1) is 20.6. The Morgan fingerprint density at radius 1 is 1.07 bits per heavy atom. The van der Waals surface area contributed by atoms with Gasteiger partial charge < -0.3 is 15.7 Å². The van der Waals surface area contributed by atoms with Crippen LogP contribution in [0.5, 0.6) is 5.75 Å². The molecule has 0 aromatic heterocycles. The molecule has 0 aliphatic heterocycles. The fourth-order valence-electron chi connectivity index (χ4n) is 3.31. The van der Waals surface area contributed by atoms with Crippen LogP contribution in [-0.4, -0.2) is 38.0 Å². The van der Waals surface area contributed by atoms with Gasteiger partial charge in [-0.05, 0) is 25.0 Å². The summed E-state index contributed by atoms with van der Waals surface area (Å²) in [6.07, 6.45) is 5.08. The molecule has 0 spiro atoms. The van der Waals surface area contributed by atoms with Crippen LogP contribution in [-0.2, 0) is 10.0 Å². The zero-order valence-corrected chi connectivity index (χ0v) is 17.2. The molecular formula is C18H22ClN3O5S. The van der Waals surface area contributed by atoms with Gasteiger partial charge in [0.1, 0.15) is 16.3 Å². The van der Waals surface area contributed by atoms with E-state index in [2.05, 4.69) is 10.6 Å². The van der Waals surface area contributed by atoms with Crippen molar-refractivity contribution in [1.82, 2.24) is 4.31 Å². The number of sulfonamides is 1. The summed E-state index contributed by atoms with van der Waals surface area (Å²) in [6, 6.07) is 2.77. The van der Waals surface area contributed by atoms with Gasteiger partial charge in [-0.1, -0.05) is 30.9 Å². The molecule has 0 atom stereocenters. The molecule has 1 aliphatic rings. The zero-order chi connectivity index (χ0) is 20.6. The first-order valence-corrected chi connectivity index (χ1v) is 10.8. The van der Waals surface area contributed by atoms with Crippen LogP contribution in [0.3, 0.4) is 0 Å². The van der Waals surface area contributed by atoms with Gasteiger partial charge in [0.25, 0.3) is 10.9 Å². The number of nitrogens with zero attached hydrogens (tertiary/aromatic N) is 1. The molecule has 0 radical (unpaired) electrons. The summed E-state index contributed by atoms with van der Waals surface area (Å²) in [7, 11) is -1.39.